The van der Waals surface area contributed by atoms with Crippen LogP contribution in [-0.2, 0) is 0 Å². The number of rotatable bonds is 5. The highest BCUT2D eigenvalue weighted by Gasteiger charge is 2.11. The molecule has 23 heavy (non-hydrogen) atoms. The van der Waals surface area contributed by atoms with Crippen LogP contribution in [0.3, 0.4) is 0 Å². The normalized spacial score (nSPS) is 15.3. The van der Waals surface area contributed by atoms with Gasteiger partial charge in [-0.25, -0.2) is 4.98 Å². The minimum atomic E-state index is 0.444. The van der Waals surface area contributed by atoms with Gasteiger partial charge >= 0.3 is 6.01 Å². The molecule has 3 heterocycles. The van der Waals surface area contributed by atoms with Gasteiger partial charge in [-0.2, -0.15) is 4.98 Å². The van der Waals surface area contributed by atoms with Crippen molar-refractivity contribution in [3.05, 3.63) is 48.8 Å². The molecule has 0 saturated carbocycles. The molecule has 0 bridgehead atoms. The second-order valence-electron chi connectivity index (χ2n) is 5.84. The molecule has 4 rings (SSSR count). The highest BCUT2D eigenvalue weighted by molar-refractivity contribution is 5.81. The molecule has 1 fully saturated rings. The summed E-state index contributed by atoms with van der Waals surface area (Å²) in [6, 6.07) is 12.7. The minimum Gasteiger partial charge on any atom is -0.462 e. The summed E-state index contributed by atoms with van der Waals surface area (Å²) in [5.41, 5.74) is 1.13. The molecular formula is C18H20N4O. The fourth-order valence-electron chi connectivity index (χ4n) is 3.09. The quantitative estimate of drug-likeness (QED) is 0.727. The van der Waals surface area contributed by atoms with Crippen molar-refractivity contribution in [2.24, 2.45) is 0 Å². The van der Waals surface area contributed by atoms with Crippen LogP contribution in [0.5, 0.6) is 6.01 Å². The van der Waals surface area contributed by atoms with E-state index >= 15 is 0 Å². The van der Waals surface area contributed by atoms with Crippen molar-refractivity contribution in [1.82, 2.24) is 19.4 Å². The van der Waals surface area contributed by atoms with Gasteiger partial charge in [0.1, 0.15) is 12.4 Å². The topological polar surface area (TPSA) is 43.2 Å². The third-order valence-electron chi connectivity index (χ3n) is 4.30. The largest absolute Gasteiger partial charge is 0.462 e. The summed E-state index contributed by atoms with van der Waals surface area (Å²) in [4.78, 5) is 11.2. The van der Waals surface area contributed by atoms with E-state index in [0.717, 1.165) is 17.9 Å². The van der Waals surface area contributed by atoms with E-state index in [0.29, 0.717) is 12.6 Å². The van der Waals surface area contributed by atoms with Crippen LogP contribution in [0, 0.1) is 0 Å². The van der Waals surface area contributed by atoms with Gasteiger partial charge in [0.15, 0.2) is 0 Å². The number of para-hydroxylation sites is 1. The average molecular weight is 308 g/mol. The first-order chi connectivity index (χ1) is 11.4. The number of aromatic nitrogens is 3. The smallest absolute Gasteiger partial charge is 0.318 e. The maximum absolute atomic E-state index is 5.74. The lowest BCUT2D eigenvalue weighted by Gasteiger charge is -2.14. The van der Waals surface area contributed by atoms with E-state index < -0.39 is 0 Å². The van der Waals surface area contributed by atoms with E-state index in [-0.39, 0.29) is 0 Å². The van der Waals surface area contributed by atoms with Crippen molar-refractivity contribution in [3.63, 3.8) is 0 Å². The first-order valence-corrected chi connectivity index (χ1v) is 8.15. The Morgan fingerprint density at radius 2 is 1.91 bits per heavy atom. The Labute approximate surface area is 135 Å². The fourth-order valence-corrected chi connectivity index (χ4v) is 3.09. The van der Waals surface area contributed by atoms with Gasteiger partial charge in [-0.1, -0.05) is 18.2 Å². The van der Waals surface area contributed by atoms with Crippen LogP contribution in [0.1, 0.15) is 12.8 Å². The average Bonchev–Trinajstić information content (AvgIpc) is 3.24. The van der Waals surface area contributed by atoms with E-state index in [9.17, 15) is 0 Å². The number of fused-ring (bicyclic) bond motifs is 1. The first-order valence-electron chi connectivity index (χ1n) is 8.15. The Kier molecular flexibility index (Phi) is 3.94. The van der Waals surface area contributed by atoms with Gasteiger partial charge in [0.2, 0.25) is 0 Å². The van der Waals surface area contributed by atoms with Gasteiger partial charge < -0.3 is 9.30 Å². The number of benzene rings is 1. The van der Waals surface area contributed by atoms with Crippen LogP contribution >= 0.6 is 0 Å². The fraction of sp³-hybridized carbons (Fsp3) is 0.333. The van der Waals surface area contributed by atoms with E-state index in [1.165, 1.54) is 31.3 Å². The van der Waals surface area contributed by atoms with Crippen molar-refractivity contribution in [2.45, 2.75) is 12.8 Å². The molecule has 0 spiro atoms. The Morgan fingerprint density at radius 3 is 2.83 bits per heavy atom. The highest BCUT2D eigenvalue weighted by atomic mass is 16.5. The molecule has 5 heteroatoms. The van der Waals surface area contributed by atoms with E-state index in [1.54, 1.807) is 6.20 Å². The van der Waals surface area contributed by atoms with Gasteiger partial charge in [0, 0.05) is 25.0 Å². The molecule has 1 aliphatic heterocycles. The second kappa shape index (κ2) is 6.38. The molecule has 3 aromatic rings. The molecule has 118 valence electrons. The van der Waals surface area contributed by atoms with Gasteiger partial charge in [0.05, 0.1) is 5.52 Å². The zero-order chi connectivity index (χ0) is 15.5. The third kappa shape index (κ3) is 3.05. The summed E-state index contributed by atoms with van der Waals surface area (Å²) in [5, 5.41) is 1.20. The second-order valence-corrected chi connectivity index (χ2v) is 5.84. The maximum Gasteiger partial charge on any atom is 0.318 e. The van der Waals surface area contributed by atoms with Gasteiger partial charge in [0.25, 0.3) is 0 Å². The SMILES string of the molecule is c1ccc2c(c1)ccn2-c1ccnc(OCCN2CCCC2)n1. The highest BCUT2D eigenvalue weighted by Crippen LogP contribution is 2.19. The molecule has 1 aliphatic rings. The van der Waals surface area contributed by atoms with Crippen molar-refractivity contribution < 1.29 is 4.74 Å². The van der Waals surface area contributed by atoms with Crippen LogP contribution in [0.25, 0.3) is 16.7 Å². The molecule has 0 amide bonds. The number of hydrogen-bond donors (Lipinski definition) is 0. The summed E-state index contributed by atoms with van der Waals surface area (Å²) < 4.78 is 7.80. The summed E-state index contributed by atoms with van der Waals surface area (Å²) in [6.07, 6.45) is 6.38. The zero-order valence-electron chi connectivity index (χ0n) is 13.1. The van der Waals surface area contributed by atoms with Crippen LogP contribution in [0.2, 0.25) is 0 Å². The molecule has 0 atom stereocenters. The Morgan fingerprint density at radius 1 is 1.04 bits per heavy atom. The van der Waals surface area contributed by atoms with Crippen molar-refractivity contribution in [3.8, 4) is 11.8 Å². The molecule has 5 nitrogen and oxygen atoms in total. The van der Waals surface area contributed by atoms with Gasteiger partial charge in [-0.05, 0) is 43.5 Å². The lowest BCUT2D eigenvalue weighted by atomic mass is 10.2. The molecule has 0 N–H and O–H groups in total. The van der Waals surface area contributed by atoms with E-state index in [4.69, 9.17) is 4.74 Å². The number of ether oxygens (including phenoxy) is 1. The van der Waals surface area contributed by atoms with Crippen molar-refractivity contribution in [1.29, 1.82) is 0 Å². The predicted octanol–water partition coefficient (Wildman–Crippen LogP) is 2.90. The minimum absolute atomic E-state index is 0.444. The lowest BCUT2D eigenvalue weighted by Crippen LogP contribution is -2.25. The molecule has 1 aromatic carbocycles. The predicted molar refractivity (Wildman–Crippen MR) is 90.0 cm³/mol. The number of hydrogen-bond acceptors (Lipinski definition) is 4. The number of likely N-dealkylation sites (tertiary alicyclic amines) is 1. The molecular weight excluding hydrogens is 288 g/mol. The van der Waals surface area contributed by atoms with Crippen LogP contribution in [0.4, 0.5) is 0 Å². The van der Waals surface area contributed by atoms with Crippen LogP contribution in [0.15, 0.2) is 48.8 Å². The summed E-state index contributed by atoms with van der Waals surface area (Å²) in [6.45, 7) is 3.94. The summed E-state index contributed by atoms with van der Waals surface area (Å²) >= 11 is 0. The lowest BCUT2D eigenvalue weighted by molar-refractivity contribution is 0.225. The molecule has 2 aromatic heterocycles. The molecule has 0 aliphatic carbocycles. The van der Waals surface area contributed by atoms with Crippen molar-refractivity contribution >= 4 is 10.9 Å². The molecule has 1 saturated heterocycles. The summed E-state index contributed by atoms with van der Waals surface area (Å²) in [5.74, 6) is 0.831. The Hall–Kier alpha value is -2.40. The van der Waals surface area contributed by atoms with Gasteiger partial charge in [-0.3, -0.25) is 4.90 Å². The number of nitrogens with zero attached hydrogens (tertiary/aromatic N) is 4. The first kappa shape index (κ1) is 14.2. The summed E-state index contributed by atoms with van der Waals surface area (Å²) in [7, 11) is 0. The maximum atomic E-state index is 5.74. The van der Waals surface area contributed by atoms with Crippen molar-refractivity contribution in [2.75, 3.05) is 26.2 Å². The monoisotopic (exact) mass is 308 g/mol. The molecule has 0 radical (unpaired) electrons. The Bertz CT molecular complexity index is 792. The van der Waals surface area contributed by atoms with Crippen LogP contribution < -0.4 is 4.74 Å². The van der Waals surface area contributed by atoms with Crippen LogP contribution in [-0.4, -0.2) is 45.7 Å². The Balaban J connectivity index is 1.49. The standard InChI is InChI=1S/C18H20N4O/c1-2-6-16-15(5-1)8-12-22(16)17-7-9-19-18(20-17)23-14-13-21-10-3-4-11-21/h1-2,5-9,12H,3-4,10-11,13-14H2. The molecule has 0 unspecified atom stereocenters. The van der Waals surface area contributed by atoms with E-state index in [1.807, 2.05) is 24.4 Å². The third-order valence-corrected chi connectivity index (χ3v) is 4.30. The van der Waals surface area contributed by atoms with Gasteiger partial charge in [-0.15, -0.1) is 0 Å². The van der Waals surface area contributed by atoms with E-state index in [2.05, 4.69) is 37.6 Å². The zero-order valence-corrected chi connectivity index (χ0v) is 13.1.